The monoisotopic (exact) mass is 236 g/mol. The first-order chi connectivity index (χ1) is 8.25. The standard InChI is InChI=1S/C12H17BO4/c14-13(15)11-4-1-3-10(7-11)8-16-9-12-5-2-6-17-12/h1,3-4,7,12,14-15H,2,5-6,8-9H2. The summed E-state index contributed by atoms with van der Waals surface area (Å²) in [6.45, 7) is 1.91. The van der Waals surface area contributed by atoms with E-state index in [4.69, 9.17) is 19.5 Å². The van der Waals surface area contributed by atoms with Crippen LogP contribution < -0.4 is 5.46 Å². The lowest BCUT2D eigenvalue weighted by molar-refractivity contribution is 0.0106. The first kappa shape index (κ1) is 12.6. The van der Waals surface area contributed by atoms with E-state index in [1.165, 1.54) is 0 Å². The first-order valence-corrected chi connectivity index (χ1v) is 5.90. The van der Waals surface area contributed by atoms with E-state index in [-0.39, 0.29) is 6.10 Å². The molecule has 1 aromatic carbocycles. The molecule has 0 amide bonds. The third-order valence-corrected chi connectivity index (χ3v) is 2.85. The molecule has 1 fully saturated rings. The Balaban J connectivity index is 1.79. The molecule has 4 nitrogen and oxygen atoms in total. The number of rotatable bonds is 5. The molecule has 1 aliphatic heterocycles. The molecule has 0 spiro atoms. The van der Waals surface area contributed by atoms with Crippen molar-refractivity contribution >= 4 is 12.6 Å². The average molecular weight is 236 g/mol. The molecule has 92 valence electrons. The van der Waals surface area contributed by atoms with Gasteiger partial charge in [-0.25, -0.2) is 0 Å². The van der Waals surface area contributed by atoms with E-state index < -0.39 is 7.12 Å². The van der Waals surface area contributed by atoms with E-state index in [1.54, 1.807) is 18.2 Å². The van der Waals surface area contributed by atoms with Gasteiger partial charge in [-0.1, -0.05) is 24.3 Å². The third kappa shape index (κ3) is 3.82. The molecule has 0 radical (unpaired) electrons. The Labute approximate surface area is 101 Å². The topological polar surface area (TPSA) is 58.9 Å². The van der Waals surface area contributed by atoms with Crippen molar-refractivity contribution in [3.63, 3.8) is 0 Å². The summed E-state index contributed by atoms with van der Waals surface area (Å²) in [6.07, 6.45) is 2.40. The van der Waals surface area contributed by atoms with Gasteiger partial charge in [-0.05, 0) is 23.9 Å². The molecule has 0 saturated carbocycles. The lowest BCUT2D eigenvalue weighted by atomic mass is 9.80. The van der Waals surface area contributed by atoms with E-state index in [0.29, 0.717) is 18.7 Å². The fourth-order valence-corrected chi connectivity index (χ4v) is 1.93. The van der Waals surface area contributed by atoms with Gasteiger partial charge in [0.1, 0.15) is 0 Å². The molecule has 0 aliphatic carbocycles. The maximum atomic E-state index is 9.04. The minimum Gasteiger partial charge on any atom is -0.423 e. The van der Waals surface area contributed by atoms with Gasteiger partial charge in [-0.15, -0.1) is 0 Å². The molecule has 0 bridgehead atoms. The lowest BCUT2D eigenvalue weighted by Crippen LogP contribution is -2.29. The van der Waals surface area contributed by atoms with Crippen LogP contribution in [0.3, 0.4) is 0 Å². The third-order valence-electron chi connectivity index (χ3n) is 2.85. The van der Waals surface area contributed by atoms with Gasteiger partial charge >= 0.3 is 7.12 Å². The highest BCUT2D eigenvalue weighted by Gasteiger charge is 2.15. The molecule has 1 unspecified atom stereocenters. The Bertz CT molecular complexity index is 350. The largest absolute Gasteiger partial charge is 0.488 e. The van der Waals surface area contributed by atoms with E-state index in [0.717, 1.165) is 25.0 Å². The highest BCUT2D eigenvalue weighted by atomic mass is 16.5. The smallest absolute Gasteiger partial charge is 0.423 e. The van der Waals surface area contributed by atoms with Crippen molar-refractivity contribution in [1.29, 1.82) is 0 Å². The van der Waals surface area contributed by atoms with E-state index in [9.17, 15) is 0 Å². The molecule has 1 heterocycles. The molecule has 5 heteroatoms. The lowest BCUT2D eigenvalue weighted by Gasteiger charge is -2.10. The number of benzene rings is 1. The van der Waals surface area contributed by atoms with Crippen LogP contribution in [-0.2, 0) is 16.1 Å². The van der Waals surface area contributed by atoms with Crippen LogP contribution in [0.15, 0.2) is 24.3 Å². The van der Waals surface area contributed by atoms with Crippen LogP contribution in [0.1, 0.15) is 18.4 Å². The highest BCUT2D eigenvalue weighted by Crippen LogP contribution is 2.12. The highest BCUT2D eigenvalue weighted by molar-refractivity contribution is 6.58. The SMILES string of the molecule is OB(O)c1cccc(COCC2CCCO2)c1. The normalized spacial score (nSPS) is 19.5. The first-order valence-electron chi connectivity index (χ1n) is 5.90. The molecule has 1 saturated heterocycles. The molecular formula is C12H17BO4. The molecule has 2 rings (SSSR count). The van der Waals surface area contributed by atoms with Crippen LogP contribution in [-0.4, -0.2) is 36.5 Å². The predicted octanol–water partition coefficient (Wildman–Crippen LogP) is 0.0620. The zero-order valence-corrected chi connectivity index (χ0v) is 9.71. The van der Waals surface area contributed by atoms with Gasteiger partial charge in [0.2, 0.25) is 0 Å². The van der Waals surface area contributed by atoms with Crippen LogP contribution in [0.4, 0.5) is 0 Å². The Morgan fingerprint density at radius 1 is 1.41 bits per heavy atom. The zero-order valence-electron chi connectivity index (χ0n) is 9.71. The Morgan fingerprint density at radius 3 is 3.00 bits per heavy atom. The van der Waals surface area contributed by atoms with Crippen molar-refractivity contribution in [1.82, 2.24) is 0 Å². The second kappa shape index (κ2) is 6.16. The van der Waals surface area contributed by atoms with Gasteiger partial charge in [0.15, 0.2) is 0 Å². The molecule has 1 aromatic rings. The maximum absolute atomic E-state index is 9.04. The second-order valence-electron chi connectivity index (χ2n) is 4.27. The second-order valence-corrected chi connectivity index (χ2v) is 4.27. The van der Waals surface area contributed by atoms with Crippen molar-refractivity contribution < 1.29 is 19.5 Å². The Hall–Kier alpha value is -0.875. The summed E-state index contributed by atoms with van der Waals surface area (Å²) < 4.78 is 11.0. The Kier molecular flexibility index (Phi) is 4.56. The van der Waals surface area contributed by atoms with Crippen molar-refractivity contribution in [2.45, 2.75) is 25.6 Å². The van der Waals surface area contributed by atoms with Gasteiger partial charge in [-0.2, -0.15) is 0 Å². The fraction of sp³-hybridized carbons (Fsp3) is 0.500. The van der Waals surface area contributed by atoms with Crippen molar-refractivity contribution in [2.24, 2.45) is 0 Å². The molecule has 1 aliphatic rings. The minimum atomic E-state index is -1.42. The average Bonchev–Trinajstić information content (AvgIpc) is 2.82. The molecule has 0 aromatic heterocycles. The molecule has 2 N–H and O–H groups in total. The van der Waals surface area contributed by atoms with E-state index >= 15 is 0 Å². The zero-order chi connectivity index (χ0) is 12.1. The molecule has 1 atom stereocenters. The molecule has 17 heavy (non-hydrogen) atoms. The summed E-state index contributed by atoms with van der Waals surface area (Å²) in [5.74, 6) is 0. The van der Waals surface area contributed by atoms with Gasteiger partial charge in [-0.3, -0.25) is 0 Å². The van der Waals surface area contributed by atoms with Gasteiger partial charge in [0.05, 0.1) is 19.3 Å². The van der Waals surface area contributed by atoms with Crippen LogP contribution >= 0.6 is 0 Å². The van der Waals surface area contributed by atoms with Crippen LogP contribution in [0.5, 0.6) is 0 Å². The van der Waals surface area contributed by atoms with E-state index in [1.807, 2.05) is 6.07 Å². The summed E-state index contributed by atoms with van der Waals surface area (Å²) in [5, 5.41) is 18.1. The van der Waals surface area contributed by atoms with Gasteiger partial charge < -0.3 is 19.5 Å². The van der Waals surface area contributed by atoms with Crippen molar-refractivity contribution in [3.05, 3.63) is 29.8 Å². The number of hydrogen-bond donors (Lipinski definition) is 2. The number of hydrogen-bond acceptors (Lipinski definition) is 4. The summed E-state index contributed by atoms with van der Waals surface area (Å²) in [5.41, 5.74) is 1.43. The van der Waals surface area contributed by atoms with Crippen molar-refractivity contribution in [2.75, 3.05) is 13.2 Å². The summed E-state index contributed by atoms with van der Waals surface area (Å²) in [4.78, 5) is 0. The quantitative estimate of drug-likeness (QED) is 0.710. The molecular weight excluding hydrogens is 219 g/mol. The maximum Gasteiger partial charge on any atom is 0.488 e. The Morgan fingerprint density at radius 2 is 2.29 bits per heavy atom. The van der Waals surface area contributed by atoms with Gasteiger partial charge in [0, 0.05) is 6.61 Å². The predicted molar refractivity (Wildman–Crippen MR) is 64.9 cm³/mol. The number of ether oxygens (including phenoxy) is 2. The summed E-state index contributed by atoms with van der Waals surface area (Å²) >= 11 is 0. The van der Waals surface area contributed by atoms with Crippen LogP contribution in [0, 0.1) is 0 Å². The van der Waals surface area contributed by atoms with Gasteiger partial charge in [0.25, 0.3) is 0 Å². The van der Waals surface area contributed by atoms with Crippen molar-refractivity contribution in [3.8, 4) is 0 Å². The summed E-state index contributed by atoms with van der Waals surface area (Å²) in [6, 6.07) is 7.11. The summed E-state index contributed by atoms with van der Waals surface area (Å²) in [7, 11) is -1.42. The fourth-order valence-electron chi connectivity index (χ4n) is 1.93. The minimum absolute atomic E-state index is 0.224. The van der Waals surface area contributed by atoms with Crippen LogP contribution in [0.2, 0.25) is 0 Å². The van der Waals surface area contributed by atoms with Crippen LogP contribution in [0.25, 0.3) is 0 Å². The van der Waals surface area contributed by atoms with E-state index in [2.05, 4.69) is 0 Å².